The highest BCUT2D eigenvalue weighted by molar-refractivity contribution is 6.01. The number of benzene rings is 2. The van der Waals surface area contributed by atoms with Gasteiger partial charge in [-0.2, -0.15) is 0 Å². The number of anilines is 1. The smallest absolute Gasteiger partial charge is 0.321 e. The number of amides is 2. The Bertz CT molecular complexity index is 648. The third-order valence-corrected chi connectivity index (χ3v) is 3.77. The summed E-state index contributed by atoms with van der Waals surface area (Å²) < 4.78 is 10.8. The molecule has 5 heteroatoms. The molecule has 2 aromatic carbocycles. The van der Waals surface area contributed by atoms with E-state index in [2.05, 4.69) is 5.32 Å². The van der Waals surface area contributed by atoms with Crippen LogP contribution in [-0.4, -0.2) is 44.0 Å². The first-order chi connectivity index (χ1) is 10.7. The molecule has 1 N–H and O–H groups in total. The zero-order valence-electron chi connectivity index (χ0n) is 12.6. The zero-order chi connectivity index (χ0) is 15.4. The van der Waals surface area contributed by atoms with Gasteiger partial charge in [-0.15, -0.1) is 0 Å². The first-order valence-electron chi connectivity index (χ1n) is 7.47. The van der Waals surface area contributed by atoms with Gasteiger partial charge in [-0.3, -0.25) is 0 Å². The maximum absolute atomic E-state index is 12.3. The molecule has 0 unspecified atom stereocenters. The minimum atomic E-state index is -0.187. The van der Waals surface area contributed by atoms with E-state index in [4.69, 9.17) is 9.47 Å². The van der Waals surface area contributed by atoms with E-state index in [0.29, 0.717) is 26.2 Å². The molecular weight excluding hydrogens is 280 g/mol. The molecule has 1 fully saturated rings. The lowest BCUT2D eigenvalue weighted by atomic mass is 10.1. The molecule has 22 heavy (non-hydrogen) atoms. The fourth-order valence-corrected chi connectivity index (χ4v) is 2.52. The Balaban J connectivity index is 1.62. The summed E-state index contributed by atoms with van der Waals surface area (Å²) in [6, 6.07) is 13.8. The molecular formula is C17H20N2O3. The molecule has 1 saturated heterocycles. The van der Waals surface area contributed by atoms with Gasteiger partial charge in [0.05, 0.1) is 18.9 Å². The Hall–Kier alpha value is -2.11. The van der Waals surface area contributed by atoms with Crippen molar-refractivity contribution >= 4 is 22.5 Å². The Labute approximate surface area is 129 Å². The van der Waals surface area contributed by atoms with Crippen LogP contribution in [0.25, 0.3) is 10.8 Å². The second-order valence-corrected chi connectivity index (χ2v) is 5.34. The number of hydrogen-bond acceptors (Lipinski definition) is 3. The van der Waals surface area contributed by atoms with E-state index in [1.807, 2.05) is 42.5 Å². The minimum Gasteiger partial charge on any atom is -0.350 e. The highest BCUT2D eigenvalue weighted by Crippen LogP contribution is 2.23. The van der Waals surface area contributed by atoms with Gasteiger partial charge in [0.2, 0.25) is 0 Å². The number of rotatable bonds is 4. The van der Waals surface area contributed by atoms with Gasteiger partial charge in [0.1, 0.15) is 0 Å². The van der Waals surface area contributed by atoms with Gasteiger partial charge in [-0.05, 0) is 11.5 Å². The second kappa shape index (κ2) is 6.77. The molecule has 0 saturated carbocycles. The molecule has 3 rings (SSSR count). The number of carbonyl (C=O) groups excluding carboxylic acids is 1. The lowest BCUT2D eigenvalue weighted by Crippen LogP contribution is -2.33. The standard InChI is InChI=1S/C17H20N2O3/c1-19(10-9-16-21-11-12-22-16)17(20)18-15-8-4-6-13-5-2-3-7-14(13)15/h2-8,16H,9-12H2,1H3,(H,18,20). The number of ether oxygens (including phenoxy) is 2. The van der Waals surface area contributed by atoms with Gasteiger partial charge in [0.15, 0.2) is 6.29 Å². The lowest BCUT2D eigenvalue weighted by Gasteiger charge is -2.20. The number of fused-ring (bicyclic) bond motifs is 1. The van der Waals surface area contributed by atoms with E-state index in [0.717, 1.165) is 16.5 Å². The molecule has 2 amide bonds. The van der Waals surface area contributed by atoms with Crippen LogP contribution in [0.1, 0.15) is 6.42 Å². The van der Waals surface area contributed by atoms with Crippen molar-refractivity contribution in [2.24, 2.45) is 0 Å². The van der Waals surface area contributed by atoms with Crippen molar-refractivity contribution < 1.29 is 14.3 Å². The summed E-state index contributed by atoms with van der Waals surface area (Å²) >= 11 is 0. The van der Waals surface area contributed by atoms with E-state index in [1.165, 1.54) is 0 Å². The van der Waals surface area contributed by atoms with Crippen LogP contribution in [0.2, 0.25) is 0 Å². The number of nitrogens with one attached hydrogen (secondary N) is 1. The molecule has 1 aliphatic rings. The molecule has 0 spiro atoms. The molecule has 2 aromatic rings. The predicted molar refractivity (Wildman–Crippen MR) is 85.9 cm³/mol. The Kier molecular flexibility index (Phi) is 4.56. The van der Waals surface area contributed by atoms with Gasteiger partial charge in [0.25, 0.3) is 0 Å². The van der Waals surface area contributed by atoms with Crippen LogP contribution < -0.4 is 5.32 Å². The molecule has 1 heterocycles. The van der Waals surface area contributed by atoms with Crippen molar-refractivity contribution in [3.8, 4) is 0 Å². The zero-order valence-corrected chi connectivity index (χ0v) is 12.6. The molecule has 116 valence electrons. The van der Waals surface area contributed by atoms with Crippen LogP contribution in [-0.2, 0) is 9.47 Å². The number of urea groups is 1. The lowest BCUT2D eigenvalue weighted by molar-refractivity contribution is -0.0488. The van der Waals surface area contributed by atoms with E-state index in [9.17, 15) is 4.79 Å². The maximum atomic E-state index is 12.3. The minimum absolute atomic E-state index is 0.130. The first kappa shape index (κ1) is 14.8. The van der Waals surface area contributed by atoms with Crippen LogP contribution in [0.5, 0.6) is 0 Å². The monoisotopic (exact) mass is 300 g/mol. The Morgan fingerprint density at radius 2 is 1.91 bits per heavy atom. The van der Waals surface area contributed by atoms with E-state index < -0.39 is 0 Å². The SMILES string of the molecule is CN(CCC1OCCO1)C(=O)Nc1cccc2ccccc12. The molecule has 0 aliphatic carbocycles. The second-order valence-electron chi connectivity index (χ2n) is 5.34. The van der Waals surface area contributed by atoms with Gasteiger partial charge < -0.3 is 19.7 Å². The quantitative estimate of drug-likeness (QED) is 0.944. The van der Waals surface area contributed by atoms with Crippen molar-refractivity contribution in [1.82, 2.24) is 4.90 Å². The highest BCUT2D eigenvalue weighted by Gasteiger charge is 2.18. The molecule has 0 bridgehead atoms. The number of hydrogen-bond donors (Lipinski definition) is 1. The van der Waals surface area contributed by atoms with Crippen LogP contribution >= 0.6 is 0 Å². The maximum Gasteiger partial charge on any atom is 0.321 e. The summed E-state index contributed by atoms with van der Waals surface area (Å²) in [5.74, 6) is 0. The number of nitrogens with zero attached hydrogens (tertiary/aromatic N) is 1. The summed E-state index contributed by atoms with van der Waals surface area (Å²) in [6.07, 6.45) is 0.493. The van der Waals surface area contributed by atoms with Gasteiger partial charge in [-0.1, -0.05) is 36.4 Å². The first-order valence-corrected chi connectivity index (χ1v) is 7.47. The average molecular weight is 300 g/mol. The van der Waals surface area contributed by atoms with E-state index >= 15 is 0 Å². The fraction of sp³-hybridized carbons (Fsp3) is 0.353. The van der Waals surface area contributed by atoms with Crippen LogP contribution in [0, 0.1) is 0 Å². The topological polar surface area (TPSA) is 50.8 Å². The molecule has 5 nitrogen and oxygen atoms in total. The normalized spacial score (nSPS) is 15.1. The van der Waals surface area contributed by atoms with Crippen LogP contribution in [0.3, 0.4) is 0 Å². The van der Waals surface area contributed by atoms with E-state index in [-0.39, 0.29) is 12.3 Å². The van der Waals surface area contributed by atoms with E-state index in [1.54, 1.807) is 11.9 Å². The summed E-state index contributed by atoms with van der Waals surface area (Å²) in [4.78, 5) is 13.9. The van der Waals surface area contributed by atoms with Crippen molar-refractivity contribution in [2.75, 3.05) is 32.1 Å². The summed E-state index contributed by atoms with van der Waals surface area (Å²) in [7, 11) is 1.77. The highest BCUT2D eigenvalue weighted by atomic mass is 16.7. The van der Waals surface area contributed by atoms with Gasteiger partial charge in [0, 0.05) is 25.4 Å². The van der Waals surface area contributed by atoms with Crippen molar-refractivity contribution in [1.29, 1.82) is 0 Å². The molecule has 1 aliphatic heterocycles. The fourth-order valence-electron chi connectivity index (χ4n) is 2.52. The molecule has 0 atom stereocenters. The molecule has 0 radical (unpaired) electrons. The van der Waals surface area contributed by atoms with Crippen LogP contribution in [0.15, 0.2) is 42.5 Å². The largest absolute Gasteiger partial charge is 0.350 e. The third kappa shape index (κ3) is 3.37. The third-order valence-electron chi connectivity index (χ3n) is 3.77. The van der Waals surface area contributed by atoms with Crippen molar-refractivity contribution in [3.63, 3.8) is 0 Å². The van der Waals surface area contributed by atoms with Gasteiger partial charge in [-0.25, -0.2) is 4.79 Å². The Morgan fingerprint density at radius 1 is 1.18 bits per heavy atom. The summed E-state index contributed by atoms with van der Waals surface area (Å²) in [5.41, 5.74) is 0.823. The summed E-state index contributed by atoms with van der Waals surface area (Å²) in [6.45, 7) is 1.86. The Morgan fingerprint density at radius 3 is 2.73 bits per heavy atom. The van der Waals surface area contributed by atoms with Crippen LogP contribution in [0.4, 0.5) is 10.5 Å². The van der Waals surface area contributed by atoms with Crippen molar-refractivity contribution in [3.05, 3.63) is 42.5 Å². The predicted octanol–water partition coefficient (Wildman–Crippen LogP) is 3.07. The average Bonchev–Trinajstić information content (AvgIpc) is 3.06. The number of carbonyl (C=O) groups is 1. The summed E-state index contributed by atoms with van der Waals surface area (Å²) in [5, 5.41) is 5.11. The van der Waals surface area contributed by atoms with Crippen molar-refractivity contribution in [2.45, 2.75) is 12.7 Å². The van der Waals surface area contributed by atoms with Gasteiger partial charge >= 0.3 is 6.03 Å². The molecule has 0 aromatic heterocycles.